The van der Waals surface area contributed by atoms with Gasteiger partial charge in [0.25, 0.3) is 11.8 Å². The lowest BCUT2D eigenvalue weighted by atomic mass is 9.96. The summed E-state index contributed by atoms with van der Waals surface area (Å²) in [6.45, 7) is 4.87. The number of benzene rings is 3. The quantitative estimate of drug-likeness (QED) is 0.215. The Hall–Kier alpha value is -4.45. The summed E-state index contributed by atoms with van der Waals surface area (Å²) in [5, 5.41) is 20.0. The first-order valence-electron chi connectivity index (χ1n) is 14.8. The number of aliphatic hydroxyl groups is 1. The van der Waals surface area contributed by atoms with Gasteiger partial charge >= 0.3 is 6.09 Å². The van der Waals surface area contributed by atoms with Crippen molar-refractivity contribution in [3.8, 4) is 0 Å². The molecule has 1 saturated heterocycles. The average molecular weight is 582 g/mol. The van der Waals surface area contributed by atoms with E-state index in [2.05, 4.69) is 15.5 Å². The lowest BCUT2D eigenvalue weighted by molar-refractivity contribution is -0.0124. The number of aliphatic hydroxyl groups excluding tert-OH is 1. The van der Waals surface area contributed by atoms with Gasteiger partial charge in [-0.15, -0.1) is 0 Å². The molecule has 43 heavy (non-hydrogen) atoms. The second-order valence-corrected chi connectivity index (χ2v) is 11.5. The Morgan fingerprint density at radius 3 is 2.12 bits per heavy atom. The maximum atomic E-state index is 13.3. The van der Waals surface area contributed by atoms with E-state index in [1.165, 1.54) is 0 Å². The molecule has 2 aromatic heterocycles. The molecule has 2 atom stereocenters. The van der Waals surface area contributed by atoms with Crippen molar-refractivity contribution in [2.75, 3.05) is 39.4 Å². The summed E-state index contributed by atoms with van der Waals surface area (Å²) in [7, 11) is 0. The number of morpholine rings is 1. The van der Waals surface area contributed by atoms with Gasteiger partial charge < -0.3 is 29.0 Å². The van der Waals surface area contributed by atoms with Crippen molar-refractivity contribution < 1.29 is 29.0 Å². The van der Waals surface area contributed by atoms with Crippen LogP contribution in [0.2, 0.25) is 0 Å². The van der Waals surface area contributed by atoms with E-state index < -0.39 is 30.1 Å². The van der Waals surface area contributed by atoms with Crippen LogP contribution in [0.15, 0.2) is 48.5 Å². The molecule has 220 valence electrons. The van der Waals surface area contributed by atoms with Crippen molar-refractivity contribution in [3.05, 3.63) is 59.7 Å². The van der Waals surface area contributed by atoms with Gasteiger partial charge in [0.15, 0.2) is 0 Å². The minimum absolute atomic E-state index is 0.143. The number of alkyl carbamates (subject to hydrolysis) is 1. The monoisotopic (exact) mass is 581 g/mol. The van der Waals surface area contributed by atoms with E-state index in [9.17, 15) is 19.5 Å². The Kier molecular flexibility index (Phi) is 6.14. The first-order valence-corrected chi connectivity index (χ1v) is 14.8. The zero-order valence-electron chi connectivity index (χ0n) is 23.5. The zero-order valence-corrected chi connectivity index (χ0v) is 23.5. The molecular weight excluding hydrogens is 550 g/mol. The maximum Gasteiger partial charge on any atom is 0.407 e. The van der Waals surface area contributed by atoms with Crippen LogP contribution >= 0.6 is 0 Å². The predicted molar refractivity (Wildman–Crippen MR) is 160 cm³/mol. The number of hydrogen-bond donors (Lipinski definition) is 3. The number of imide groups is 1. The van der Waals surface area contributed by atoms with Crippen LogP contribution in [0.25, 0.3) is 43.6 Å². The molecule has 0 spiro atoms. The number of para-hydroxylation sites is 2. The third kappa shape index (κ3) is 4.03. The van der Waals surface area contributed by atoms with Crippen LogP contribution in [0, 0.1) is 0 Å². The van der Waals surface area contributed by atoms with Crippen molar-refractivity contribution in [2.45, 2.75) is 31.7 Å². The van der Waals surface area contributed by atoms with E-state index in [4.69, 9.17) is 9.47 Å². The van der Waals surface area contributed by atoms with Crippen LogP contribution < -0.4 is 10.6 Å². The summed E-state index contributed by atoms with van der Waals surface area (Å²) in [6.07, 6.45) is -1.71. The fourth-order valence-corrected chi connectivity index (χ4v) is 7.14. The molecule has 5 aromatic rings. The van der Waals surface area contributed by atoms with Gasteiger partial charge in [0.05, 0.1) is 48.5 Å². The SMILES string of the molecule is O=C(NCCCN1CCOCC1)OC1Cn2c3ccccc3c3c4c(c5c6ccccc6n(c5c32)CC1O)C(=O)NC4=O. The molecule has 8 rings (SSSR count). The molecule has 0 bridgehead atoms. The third-order valence-electron chi connectivity index (χ3n) is 9.04. The van der Waals surface area contributed by atoms with Crippen LogP contribution in [0.3, 0.4) is 0 Å². The zero-order chi connectivity index (χ0) is 29.2. The first kappa shape index (κ1) is 26.2. The number of fused-ring (bicyclic) bond motifs is 9. The summed E-state index contributed by atoms with van der Waals surface area (Å²) in [4.78, 5) is 41.9. The summed E-state index contributed by atoms with van der Waals surface area (Å²) >= 11 is 0. The third-order valence-corrected chi connectivity index (χ3v) is 9.04. The minimum Gasteiger partial charge on any atom is -0.441 e. The summed E-state index contributed by atoms with van der Waals surface area (Å²) in [6, 6.07) is 15.4. The van der Waals surface area contributed by atoms with Gasteiger partial charge in [0.2, 0.25) is 0 Å². The number of nitrogens with zero attached hydrogens (tertiary/aromatic N) is 3. The Labute approximate surface area is 245 Å². The van der Waals surface area contributed by atoms with Gasteiger partial charge in [-0.1, -0.05) is 36.4 Å². The molecule has 0 saturated carbocycles. The Bertz CT molecular complexity index is 1970. The molecule has 2 unspecified atom stereocenters. The largest absolute Gasteiger partial charge is 0.441 e. The van der Waals surface area contributed by atoms with Gasteiger partial charge in [-0.3, -0.25) is 19.8 Å². The molecule has 5 heterocycles. The van der Waals surface area contributed by atoms with Crippen LogP contribution in [0.1, 0.15) is 27.1 Å². The molecule has 3 aromatic carbocycles. The van der Waals surface area contributed by atoms with Crippen molar-refractivity contribution in [3.63, 3.8) is 0 Å². The van der Waals surface area contributed by atoms with Crippen molar-refractivity contribution in [2.24, 2.45) is 0 Å². The molecule has 11 nitrogen and oxygen atoms in total. The lowest BCUT2D eigenvalue weighted by Gasteiger charge is -2.28. The lowest BCUT2D eigenvalue weighted by Crippen LogP contribution is -2.42. The van der Waals surface area contributed by atoms with Gasteiger partial charge in [-0.05, 0) is 25.1 Å². The van der Waals surface area contributed by atoms with Gasteiger partial charge in [-0.2, -0.15) is 0 Å². The standard InChI is InChI=1S/C32H31N5O6/c38-22-16-36-20-8-3-1-6-18(20)24-26-27(31(40)34-30(26)39)25-19-7-2-4-9-21(19)37(29(25)28(24)36)17-23(22)43-32(41)33-10-5-11-35-12-14-42-15-13-35/h1-4,6-9,22-23,38H,5,10-17H2,(H,33,41)(H,34,39,40). The summed E-state index contributed by atoms with van der Waals surface area (Å²) < 4.78 is 15.3. The maximum absolute atomic E-state index is 13.3. The number of ether oxygens (including phenoxy) is 2. The van der Waals surface area contributed by atoms with Crippen molar-refractivity contribution >= 4 is 61.5 Å². The van der Waals surface area contributed by atoms with Crippen LogP contribution in [0.4, 0.5) is 4.79 Å². The number of nitrogens with one attached hydrogen (secondary N) is 2. The molecule has 3 aliphatic heterocycles. The summed E-state index contributed by atoms with van der Waals surface area (Å²) in [5.74, 6) is -0.844. The number of carbonyl (C=O) groups excluding carboxylic acids is 3. The van der Waals surface area contributed by atoms with Gasteiger partial charge in [-0.25, -0.2) is 4.79 Å². The smallest absolute Gasteiger partial charge is 0.407 e. The fourth-order valence-electron chi connectivity index (χ4n) is 7.14. The van der Waals surface area contributed by atoms with Crippen molar-refractivity contribution in [1.82, 2.24) is 24.7 Å². The molecule has 0 aliphatic carbocycles. The normalized spacial score (nSPS) is 20.6. The highest BCUT2D eigenvalue weighted by Gasteiger charge is 2.39. The van der Waals surface area contributed by atoms with E-state index in [1.54, 1.807) is 0 Å². The predicted octanol–water partition coefficient (Wildman–Crippen LogP) is 2.98. The second kappa shape index (κ2) is 10.1. The second-order valence-electron chi connectivity index (χ2n) is 11.5. The van der Waals surface area contributed by atoms with Crippen LogP contribution in [-0.4, -0.2) is 88.6 Å². The van der Waals surface area contributed by atoms with E-state index in [1.807, 2.05) is 57.7 Å². The van der Waals surface area contributed by atoms with Crippen molar-refractivity contribution in [1.29, 1.82) is 0 Å². The van der Waals surface area contributed by atoms with E-state index in [0.29, 0.717) is 28.4 Å². The molecule has 1 fully saturated rings. The highest BCUT2D eigenvalue weighted by atomic mass is 16.6. The fraction of sp³-hybridized carbons (Fsp3) is 0.344. The summed E-state index contributed by atoms with van der Waals surface area (Å²) in [5.41, 5.74) is 3.93. The Morgan fingerprint density at radius 1 is 0.907 bits per heavy atom. The van der Waals surface area contributed by atoms with Crippen LogP contribution in [-0.2, 0) is 22.6 Å². The molecule has 3 amide bonds. The minimum atomic E-state index is -1.04. The Morgan fingerprint density at radius 2 is 1.49 bits per heavy atom. The highest BCUT2D eigenvalue weighted by Crippen LogP contribution is 2.45. The first-order chi connectivity index (χ1) is 21.0. The van der Waals surface area contributed by atoms with Gasteiger partial charge in [0, 0.05) is 52.2 Å². The van der Waals surface area contributed by atoms with E-state index in [0.717, 1.165) is 72.1 Å². The Balaban J connectivity index is 1.23. The van der Waals surface area contributed by atoms with Crippen LogP contribution in [0.5, 0.6) is 0 Å². The van der Waals surface area contributed by atoms with E-state index in [-0.39, 0.29) is 13.1 Å². The molecule has 11 heteroatoms. The number of amides is 3. The highest BCUT2D eigenvalue weighted by molar-refractivity contribution is 6.39. The van der Waals surface area contributed by atoms with E-state index >= 15 is 0 Å². The number of carbonyl (C=O) groups is 3. The molecular formula is C32H31N5O6. The number of hydrogen-bond acceptors (Lipinski definition) is 7. The number of rotatable bonds is 5. The topological polar surface area (TPSA) is 127 Å². The number of aromatic nitrogens is 2. The molecule has 3 aliphatic rings. The average Bonchev–Trinajstić information content (AvgIpc) is 3.61. The molecule has 0 radical (unpaired) electrons. The van der Waals surface area contributed by atoms with Gasteiger partial charge in [0.1, 0.15) is 12.2 Å². The molecule has 3 N–H and O–H groups in total.